The maximum absolute atomic E-state index is 4.54. The molecular weight excluding hydrogens is 278 g/mol. The predicted molar refractivity (Wildman–Crippen MR) is 87.2 cm³/mol. The van der Waals surface area contributed by atoms with Gasteiger partial charge < -0.3 is 15.1 Å². The minimum atomic E-state index is 0.325. The van der Waals surface area contributed by atoms with Crippen molar-refractivity contribution in [3.05, 3.63) is 30.6 Å². The van der Waals surface area contributed by atoms with Gasteiger partial charge in [0.15, 0.2) is 5.82 Å². The quantitative estimate of drug-likeness (QED) is 0.915. The van der Waals surface area contributed by atoms with Gasteiger partial charge >= 0.3 is 0 Å². The van der Waals surface area contributed by atoms with Crippen molar-refractivity contribution in [1.82, 2.24) is 20.2 Å². The number of nitrogens with one attached hydrogen (secondary N) is 1. The molecule has 3 heterocycles. The molecule has 1 aliphatic rings. The van der Waals surface area contributed by atoms with E-state index in [4.69, 9.17) is 0 Å². The van der Waals surface area contributed by atoms with Gasteiger partial charge in [-0.25, -0.2) is 4.98 Å². The lowest BCUT2D eigenvalue weighted by molar-refractivity contribution is 0.629. The van der Waals surface area contributed by atoms with Gasteiger partial charge in [0.25, 0.3) is 0 Å². The number of nitrogens with zero attached hydrogens (tertiary/aromatic N) is 6. The number of aromatic nitrogens is 4. The lowest BCUT2D eigenvalue weighted by atomic mass is 10.3. The van der Waals surface area contributed by atoms with Crippen LogP contribution in [0, 0.1) is 0 Å². The molecule has 0 bridgehead atoms. The Morgan fingerprint density at radius 2 is 1.86 bits per heavy atom. The topological polar surface area (TPSA) is 70.1 Å². The minimum absolute atomic E-state index is 0.325. The fourth-order valence-corrected chi connectivity index (χ4v) is 2.47. The molecule has 1 fully saturated rings. The number of hydrogen-bond acceptors (Lipinski definition) is 7. The number of anilines is 3. The van der Waals surface area contributed by atoms with Gasteiger partial charge in [0.2, 0.25) is 5.95 Å². The second kappa shape index (κ2) is 6.55. The molecule has 7 nitrogen and oxygen atoms in total. The Labute approximate surface area is 130 Å². The van der Waals surface area contributed by atoms with E-state index in [1.165, 1.54) is 0 Å². The second-order valence-corrected chi connectivity index (χ2v) is 5.60. The molecule has 22 heavy (non-hydrogen) atoms. The Morgan fingerprint density at radius 1 is 1.09 bits per heavy atom. The third-order valence-electron chi connectivity index (χ3n) is 3.52. The maximum Gasteiger partial charge on any atom is 0.247 e. The highest BCUT2D eigenvalue weighted by atomic mass is 15.4. The fraction of sp³-hybridized carbons (Fsp3) is 0.467. The normalized spacial score (nSPS) is 15.2. The molecule has 1 N–H and O–H groups in total. The Kier molecular flexibility index (Phi) is 4.32. The Hall–Kier alpha value is -2.44. The zero-order valence-corrected chi connectivity index (χ0v) is 13.0. The molecule has 7 heteroatoms. The van der Waals surface area contributed by atoms with Crippen LogP contribution in [0.1, 0.15) is 13.8 Å². The van der Waals surface area contributed by atoms with Gasteiger partial charge in [-0.05, 0) is 26.0 Å². The van der Waals surface area contributed by atoms with Crippen LogP contribution >= 0.6 is 0 Å². The monoisotopic (exact) mass is 299 g/mol. The van der Waals surface area contributed by atoms with Crippen LogP contribution in [-0.4, -0.2) is 52.4 Å². The molecule has 3 rings (SSSR count). The molecule has 2 aromatic heterocycles. The molecule has 0 radical (unpaired) electrons. The van der Waals surface area contributed by atoms with Crippen LogP contribution < -0.4 is 15.1 Å². The maximum atomic E-state index is 4.54. The van der Waals surface area contributed by atoms with E-state index < -0.39 is 0 Å². The fourth-order valence-electron chi connectivity index (χ4n) is 2.47. The van der Waals surface area contributed by atoms with Crippen LogP contribution in [0.15, 0.2) is 30.6 Å². The highest BCUT2D eigenvalue weighted by molar-refractivity contribution is 5.44. The van der Waals surface area contributed by atoms with Gasteiger partial charge in [-0.2, -0.15) is 10.1 Å². The lowest BCUT2D eigenvalue weighted by Gasteiger charge is -2.35. The largest absolute Gasteiger partial charge is 0.366 e. The first-order chi connectivity index (χ1) is 10.7. The summed E-state index contributed by atoms with van der Waals surface area (Å²) >= 11 is 0. The van der Waals surface area contributed by atoms with Crippen LogP contribution in [-0.2, 0) is 0 Å². The van der Waals surface area contributed by atoms with Crippen LogP contribution in [0.3, 0.4) is 0 Å². The van der Waals surface area contributed by atoms with Crippen molar-refractivity contribution in [2.75, 3.05) is 41.3 Å². The highest BCUT2D eigenvalue weighted by Gasteiger charge is 2.20. The number of rotatable bonds is 4. The molecule has 0 unspecified atom stereocenters. The third kappa shape index (κ3) is 3.41. The summed E-state index contributed by atoms with van der Waals surface area (Å²) in [6, 6.07) is 6.32. The molecule has 0 saturated carbocycles. The van der Waals surface area contributed by atoms with Crippen molar-refractivity contribution >= 4 is 17.6 Å². The first kappa shape index (κ1) is 14.5. The SMILES string of the molecule is CC(C)Nc1cnnc(N2CCN(c3ccccn3)CC2)n1. The summed E-state index contributed by atoms with van der Waals surface area (Å²) < 4.78 is 0. The summed E-state index contributed by atoms with van der Waals surface area (Å²) in [6.07, 6.45) is 3.49. The number of hydrogen-bond donors (Lipinski definition) is 1. The molecule has 0 spiro atoms. The predicted octanol–water partition coefficient (Wildman–Crippen LogP) is 1.41. The van der Waals surface area contributed by atoms with Gasteiger partial charge in [-0.15, -0.1) is 5.10 Å². The van der Waals surface area contributed by atoms with Crippen molar-refractivity contribution in [3.63, 3.8) is 0 Å². The molecule has 116 valence electrons. The van der Waals surface area contributed by atoms with Gasteiger partial charge in [0, 0.05) is 38.4 Å². The van der Waals surface area contributed by atoms with E-state index in [1.807, 2.05) is 24.4 Å². The number of pyridine rings is 1. The van der Waals surface area contributed by atoms with Crippen molar-refractivity contribution in [2.45, 2.75) is 19.9 Å². The summed E-state index contributed by atoms with van der Waals surface area (Å²) in [7, 11) is 0. The van der Waals surface area contributed by atoms with Crippen molar-refractivity contribution < 1.29 is 0 Å². The zero-order chi connectivity index (χ0) is 15.4. The average molecular weight is 299 g/mol. The summed E-state index contributed by atoms with van der Waals surface area (Å²) in [5, 5.41) is 11.5. The van der Waals surface area contributed by atoms with Crippen LogP contribution in [0.25, 0.3) is 0 Å². The van der Waals surface area contributed by atoms with Gasteiger partial charge in [0.05, 0.1) is 6.20 Å². The molecule has 1 saturated heterocycles. The standard InChI is InChI=1S/C15H21N7/c1-12(2)18-13-11-17-20-15(19-13)22-9-7-21(8-10-22)14-5-3-4-6-16-14/h3-6,11-12H,7-10H2,1-2H3,(H,18,19,20). The second-order valence-electron chi connectivity index (χ2n) is 5.60. The van der Waals surface area contributed by atoms with Gasteiger partial charge in [-0.3, -0.25) is 0 Å². The third-order valence-corrected chi connectivity index (χ3v) is 3.52. The molecule has 0 amide bonds. The Morgan fingerprint density at radius 3 is 2.55 bits per heavy atom. The number of piperazine rings is 1. The molecule has 0 aromatic carbocycles. The Bertz CT molecular complexity index is 594. The van der Waals surface area contributed by atoms with E-state index >= 15 is 0 Å². The summed E-state index contributed by atoms with van der Waals surface area (Å²) in [4.78, 5) is 13.4. The van der Waals surface area contributed by atoms with Crippen LogP contribution in [0.2, 0.25) is 0 Å². The summed E-state index contributed by atoms with van der Waals surface area (Å²) in [5.74, 6) is 2.48. The van der Waals surface area contributed by atoms with E-state index in [2.05, 4.69) is 49.1 Å². The average Bonchev–Trinajstić information content (AvgIpc) is 2.55. The molecular formula is C15H21N7. The smallest absolute Gasteiger partial charge is 0.247 e. The van der Waals surface area contributed by atoms with Crippen LogP contribution in [0.4, 0.5) is 17.6 Å². The highest BCUT2D eigenvalue weighted by Crippen LogP contribution is 2.16. The lowest BCUT2D eigenvalue weighted by Crippen LogP contribution is -2.47. The molecule has 2 aromatic rings. The first-order valence-corrected chi connectivity index (χ1v) is 7.59. The van der Waals surface area contributed by atoms with Crippen LogP contribution in [0.5, 0.6) is 0 Å². The molecule has 1 aliphatic heterocycles. The van der Waals surface area contributed by atoms with Crippen molar-refractivity contribution in [1.29, 1.82) is 0 Å². The Balaban J connectivity index is 1.64. The molecule has 0 atom stereocenters. The molecule has 0 aliphatic carbocycles. The van der Waals surface area contributed by atoms with E-state index in [0.29, 0.717) is 12.0 Å². The first-order valence-electron chi connectivity index (χ1n) is 7.59. The van der Waals surface area contributed by atoms with Crippen molar-refractivity contribution in [3.8, 4) is 0 Å². The van der Waals surface area contributed by atoms with E-state index in [0.717, 1.165) is 37.8 Å². The van der Waals surface area contributed by atoms with E-state index in [9.17, 15) is 0 Å². The van der Waals surface area contributed by atoms with Gasteiger partial charge in [0.1, 0.15) is 5.82 Å². The minimum Gasteiger partial charge on any atom is -0.366 e. The van der Waals surface area contributed by atoms with Crippen molar-refractivity contribution in [2.24, 2.45) is 0 Å². The van der Waals surface area contributed by atoms with E-state index in [1.54, 1.807) is 6.20 Å². The summed E-state index contributed by atoms with van der Waals surface area (Å²) in [5.41, 5.74) is 0. The summed E-state index contributed by atoms with van der Waals surface area (Å²) in [6.45, 7) is 7.69. The zero-order valence-electron chi connectivity index (χ0n) is 13.0. The van der Waals surface area contributed by atoms with Gasteiger partial charge in [-0.1, -0.05) is 6.07 Å². The van der Waals surface area contributed by atoms with E-state index in [-0.39, 0.29) is 0 Å².